The first-order valence-electron chi connectivity index (χ1n) is 7.20. The molecular weight excluding hydrogens is 354 g/mol. The average Bonchev–Trinajstić information content (AvgIpc) is 3.03. The van der Waals surface area contributed by atoms with Crippen molar-refractivity contribution in [3.63, 3.8) is 0 Å². The summed E-state index contributed by atoms with van der Waals surface area (Å²) in [4.78, 5) is 1.04. The van der Waals surface area contributed by atoms with E-state index in [9.17, 15) is 8.42 Å². The summed E-state index contributed by atoms with van der Waals surface area (Å²) in [5.41, 5.74) is 0.0126. The number of thiophene rings is 1. The zero-order valence-corrected chi connectivity index (χ0v) is 15.7. The number of benzene rings is 1. The van der Waals surface area contributed by atoms with E-state index < -0.39 is 15.6 Å². The number of methoxy groups -OCH3 is 1. The van der Waals surface area contributed by atoms with Crippen LogP contribution >= 0.6 is 22.9 Å². The van der Waals surface area contributed by atoms with Crippen LogP contribution in [0, 0.1) is 0 Å². The van der Waals surface area contributed by atoms with Gasteiger partial charge in [-0.15, -0.1) is 11.3 Å². The lowest BCUT2D eigenvalue weighted by atomic mass is 9.96. The van der Waals surface area contributed by atoms with E-state index in [0.717, 1.165) is 16.9 Å². The molecular formula is C16H20ClNO3S2. The van der Waals surface area contributed by atoms with Crippen molar-refractivity contribution in [2.24, 2.45) is 0 Å². The first kappa shape index (κ1) is 18.4. The Morgan fingerprint density at radius 1 is 1.30 bits per heavy atom. The number of nitrogens with one attached hydrogen (secondary N) is 1. The van der Waals surface area contributed by atoms with Crippen molar-refractivity contribution in [1.29, 1.82) is 0 Å². The molecule has 4 nitrogen and oxygen atoms in total. The minimum atomic E-state index is -3.56. The molecule has 1 N–H and O–H groups in total. The summed E-state index contributed by atoms with van der Waals surface area (Å²) >= 11 is 7.30. The number of halogens is 1. The topological polar surface area (TPSA) is 55.4 Å². The zero-order chi connectivity index (χ0) is 17.1. The molecule has 0 aliphatic carbocycles. The molecule has 0 saturated heterocycles. The standard InChI is InChI=1S/C16H20ClNO3S2/c1-4-14-8-9-15(22-14)23(19,20)18-11-16(2,21-3)12-6-5-7-13(17)10-12/h5-10,18H,4,11H2,1-3H3/t16-/m1/s1. The quantitative estimate of drug-likeness (QED) is 0.803. The van der Waals surface area contributed by atoms with E-state index in [2.05, 4.69) is 4.72 Å². The maximum atomic E-state index is 12.4. The van der Waals surface area contributed by atoms with E-state index >= 15 is 0 Å². The fourth-order valence-corrected chi connectivity index (χ4v) is 4.76. The molecule has 0 aliphatic rings. The van der Waals surface area contributed by atoms with Crippen molar-refractivity contribution in [1.82, 2.24) is 4.72 Å². The molecule has 0 spiro atoms. The van der Waals surface area contributed by atoms with Crippen LogP contribution in [0.15, 0.2) is 40.6 Å². The van der Waals surface area contributed by atoms with Gasteiger partial charge >= 0.3 is 0 Å². The van der Waals surface area contributed by atoms with Crippen LogP contribution in [-0.2, 0) is 26.8 Å². The lowest BCUT2D eigenvalue weighted by Gasteiger charge is -2.29. The van der Waals surface area contributed by atoms with Crippen LogP contribution in [0.5, 0.6) is 0 Å². The Bertz CT molecular complexity index is 773. The Hall–Kier alpha value is -0.920. The van der Waals surface area contributed by atoms with E-state index in [-0.39, 0.29) is 6.54 Å². The number of aryl methyl sites for hydroxylation is 1. The van der Waals surface area contributed by atoms with E-state index in [1.807, 2.05) is 32.0 Å². The maximum absolute atomic E-state index is 12.4. The monoisotopic (exact) mass is 373 g/mol. The third-order valence-electron chi connectivity index (χ3n) is 3.74. The lowest BCUT2D eigenvalue weighted by molar-refractivity contribution is 0.00700. The Morgan fingerprint density at radius 3 is 2.61 bits per heavy atom. The third-order valence-corrected chi connectivity index (χ3v) is 7.09. The molecule has 7 heteroatoms. The summed E-state index contributed by atoms with van der Waals surface area (Å²) in [5.74, 6) is 0. The van der Waals surface area contributed by atoms with Crippen molar-refractivity contribution >= 4 is 33.0 Å². The smallest absolute Gasteiger partial charge is 0.250 e. The molecule has 0 bridgehead atoms. The summed E-state index contributed by atoms with van der Waals surface area (Å²) in [7, 11) is -2.00. The number of hydrogen-bond donors (Lipinski definition) is 1. The van der Waals surface area contributed by atoms with E-state index in [0.29, 0.717) is 9.23 Å². The average molecular weight is 374 g/mol. The largest absolute Gasteiger partial charge is 0.372 e. The van der Waals surface area contributed by atoms with Crippen LogP contribution in [-0.4, -0.2) is 22.1 Å². The van der Waals surface area contributed by atoms with Crippen LogP contribution in [0.3, 0.4) is 0 Å². The summed E-state index contributed by atoms with van der Waals surface area (Å²) < 4.78 is 33.4. The van der Waals surface area contributed by atoms with E-state index in [1.54, 1.807) is 25.3 Å². The van der Waals surface area contributed by atoms with Crippen molar-refractivity contribution in [3.8, 4) is 0 Å². The number of sulfonamides is 1. The molecule has 0 aliphatic heterocycles. The second-order valence-corrected chi connectivity index (χ2v) is 8.94. The SMILES string of the molecule is CCc1ccc(S(=O)(=O)NC[C@@](C)(OC)c2cccc(Cl)c2)s1. The van der Waals surface area contributed by atoms with Gasteiger partial charge in [0.25, 0.3) is 0 Å². The third kappa shape index (κ3) is 4.33. The van der Waals surface area contributed by atoms with Crippen LogP contribution in [0.2, 0.25) is 5.02 Å². The molecule has 126 valence electrons. The van der Waals surface area contributed by atoms with Crippen LogP contribution in [0.1, 0.15) is 24.3 Å². The van der Waals surface area contributed by atoms with Gasteiger partial charge in [0.05, 0.1) is 0 Å². The second-order valence-electron chi connectivity index (χ2n) is 5.34. The molecule has 0 amide bonds. The molecule has 2 rings (SSSR count). The maximum Gasteiger partial charge on any atom is 0.250 e. The van der Waals surface area contributed by atoms with Crippen molar-refractivity contribution in [3.05, 3.63) is 51.9 Å². The van der Waals surface area contributed by atoms with Crippen molar-refractivity contribution in [2.45, 2.75) is 30.1 Å². The first-order chi connectivity index (χ1) is 10.8. The van der Waals surface area contributed by atoms with Gasteiger partial charge in [-0.3, -0.25) is 0 Å². The van der Waals surface area contributed by atoms with Crippen molar-refractivity contribution in [2.75, 3.05) is 13.7 Å². The Balaban J connectivity index is 2.19. The van der Waals surface area contributed by atoms with Crippen LogP contribution < -0.4 is 4.72 Å². The molecule has 1 atom stereocenters. The molecule has 0 unspecified atom stereocenters. The lowest BCUT2D eigenvalue weighted by Crippen LogP contribution is -2.39. The second kappa shape index (κ2) is 7.32. The molecule has 0 saturated carbocycles. The Labute approximate surface area is 146 Å². The zero-order valence-electron chi connectivity index (χ0n) is 13.3. The summed E-state index contributed by atoms with van der Waals surface area (Å²) in [6.45, 7) is 3.94. The fraction of sp³-hybridized carbons (Fsp3) is 0.375. The normalized spacial score (nSPS) is 14.6. The molecule has 1 heterocycles. The van der Waals surface area contributed by atoms with Gasteiger partial charge < -0.3 is 4.74 Å². The van der Waals surface area contributed by atoms with Gasteiger partial charge in [0.15, 0.2) is 0 Å². The fourth-order valence-electron chi connectivity index (χ4n) is 2.11. The van der Waals surface area contributed by atoms with Gasteiger partial charge in [0, 0.05) is 23.6 Å². The van der Waals surface area contributed by atoms with Gasteiger partial charge in [-0.05, 0) is 43.2 Å². The molecule has 1 aromatic heterocycles. The summed E-state index contributed by atoms with van der Waals surface area (Å²) in [5, 5.41) is 0.583. The van der Waals surface area contributed by atoms with E-state index in [1.165, 1.54) is 11.3 Å². The summed E-state index contributed by atoms with van der Waals surface area (Å²) in [6.07, 6.45) is 0.818. The van der Waals surface area contributed by atoms with Gasteiger partial charge in [-0.25, -0.2) is 13.1 Å². The highest BCUT2D eigenvalue weighted by Gasteiger charge is 2.29. The van der Waals surface area contributed by atoms with Crippen LogP contribution in [0.25, 0.3) is 0 Å². The highest BCUT2D eigenvalue weighted by atomic mass is 35.5. The minimum absolute atomic E-state index is 0.117. The van der Waals surface area contributed by atoms with Gasteiger partial charge in [-0.2, -0.15) is 0 Å². The summed E-state index contributed by atoms with van der Waals surface area (Å²) in [6, 6.07) is 10.7. The molecule has 1 aromatic carbocycles. The Kier molecular flexibility index (Phi) is 5.86. The first-order valence-corrected chi connectivity index (χ1v) is 9.88. The van der Waals surface area contributed by atoms with E-state index in [4.69, 9.17) is 16.3 Å². The molecule has 0 fully saturated rings. The van der Waals surface area contributed by atoms with Gasteiger partial charge in [0.1, 0.15) is 9.81 Å². The molecule has 23 heavy (non-hydrogen) atoms. The van der Waals surface area contributed by atoms with Gasteiger partial charge in [0.2, 0.25) is 10.0 Å². The predicted molar refractivity (Wildman–Crippen MR) is 94.7 cm³/mol. The minimum Gasteiger partial charge on any atom is -0.372 e. The Morgan fingerprint density at radius 2 is 2.04 bits per heavy atom. The molecule has 2 aromatic rings. The molecule has 0 radical (unpaired) electrons. The van der Waals surface area contributed by atoms with Gasteiger partial charge in [-0.1, -0.05) is 30.7 Å². The number of hydrogen-bond acceptors (Lipinski definition) is 4. The van der Waals surface area contributed by atoms with Crippen LogP contribution in [0.4, 0.5) is 0 Å². The number of rotatable bonds is 7. The highest BCUT2D eigenvalue weighted by molar-refractivity contribution is 7.91. The number of ether oxygens (including phenoxy) is 1. The highest BCUT2D eigenvalue weighted by Crippen LogP contribution is 2.28. The van der Waals surface area contributed by atoms with Crippen molar-refractivity contribution < 1.29 is 13.2 Å². The predicted octanol–water partition coefficient (Wildman–Crippen LogP) is 3.80.